The summed E-state index contributed by atoms with van der Waals surface area (Å²) in [5.41, 5.74) is 5.85. The summed E-state index contributed by atoms with van der Waals surface area (Å²) in [5, 5.41) is 3.81. The van der Waals surface area contributed by atoms with Gasteiger partial charge in [0.2, 0.25) is 5.91 Å². The molecular weight excluding hydrogens is 290 g/mol. The number of nitrogen functional groups attached to an aromatic ring is 1. The maximum atomic E-state index is 12.5. The smallest absolute Gasteiger partial charge is 0.267 e. The maximum Gasteiger partial charge on any atom is 0.267 e. The molecule has 0 atom stereocenters. The fraction of sp³-hybridized carbons (Fsp3) is 0.615. The van der Waals surface area contributed by atoms with Gasteiger partial charge < -0.3 is 20.9 Å². The molecule has 0 unspecified atom stereocenters. The van der Waals surface area contributed by atoms with Crippen molar-refractivity contribution in [2.24, 2.45) is 0 Å². The Kier molecular flexibility index (Phi) is 4.66. The van der Waals surface area contributed by atoms with E-state index in [9.17, 15) is 9.59 Å². The van der Waals surface area contributed by atoms with Crippen LogP contribution >= 0.6 is 11.3 Å². The number of hydrogen-bond acceptors (Lipinski definition) is 6. The number of nitrogens with two attached hydrogens (primary N) is 1. The first kappa shape index (κ1) is 15.6. The number of carbonyl (C=O) groups excluding carboxylic acids is 2. The van der Waals surface area contributed by atoms with Crippen LogP contribution in [0.25, 0.3) is 0 Å². The Hall–Kier alpha value is -1.83. The normalized spacial score (nSPS) is 15.4. The zero-order chi connectivity index (χ0) is 15.6. The van der Waals surface area contributed by atoms with Gasteiger partial charge >= 0.3 is 0 Å². The molecule has 8 heteroatoms. The Morgan fingerprint density at radius 1 is 1.24 bits per heavy atom. The number of carbonyl (C=O) groups is 2. The quantitative estimate of drug-likeness (QED) is 0.863. The fourth-order valence-electron chi connectivity index (χ4n) is 2.16. The van der Waals surface area contributed by atoms with Gasteiger partial charge in [-0.25, -0.2) is 4.98 Å². The van der Waals surface area contributed by atoms with Crippen LogP contribution in [0.1, 0.15) is 30.4 Å². The van der Waals surface area contributed by atoms with Gasteiger partial charge in [0.15, 0.2) is 5.13 Å². The predicted molar refractivity (Wildman–Crippen MR) is 83.4 cm³/mol. The van der Waals surface area contributed by atoms with Crippen LogP contribution in [0.2, 0.25) is 0 Å². The number of nitrogens with one attached hydrogen (secondary N) is 1. The predicted octanol–water partition coefficient (Wildman–Crippen LogP) is 0.850. The highest BCUT2D eigenvalue weighted by atomic mass is 32.1. The third-order valence-corrected chi connectivity index (χ3v) is 4.26. The standard InChI is InChI=1S/C13H21N5O2S/c1-8(2)15-13-16-11(14)10(21-13)12(20)18-6-4-17(5-7-18)9(3)19/h8H,4-7,14H2,1-3H3,(H,15,16). The summed E-state index contributed by atoms with van der Waals surface area (Å²) in [5.74, 6) is 0.204. The van der Waals surface area contributed by atoms with E-state index in [2.05, 4.69) is 10.3 Å². The van der Waals surface area contributed by atoms with Gasteiger partial charge in [0.25, 0.3) is 5.91 Å². The second kappa shape index (κ2) is 6.30. The third-order valence-electron chi connectivity index (χ3n) is 3.27. The molecule has 1 fully saturated rings. The van der Waals surface area contributed by atoms with Crippen molar-refractivity contribution in [1.29, 1.82) is 0 Å². The number of amides is 2. The molecule has 116 valence electrons. The molecule has 1 aliphatic rings. The summed E-state index contributed by atoms with van der Waals surface area (Å²) in [6.07, 6.45) is 0. The van der Waals surface area contributed by atoms with E-state index in [1.54, 1.807) is 16.7 Å². The number of nitrogens with zero attached hydrogens (tertiary/aromatic N) is 3. The van der Waals surface area contributed by atoms with Crippen molar-refractivity contribution < 1.29 is 9.59 Å². The highest BCUT2D eigenvalue weighted by Gasteiger charge is 2.26. The van der Waals surface area contributed by atoms with Crippen molar-refractivity contribution in [3.63, 3.8) is 0 Å². The lowest BCUT2D eigenvalue weighted by Crippen LogP contribution is -2.50. The van der Waals surface area contributed by atoms with Crippen molar-refractivity contribution in [3.8, 4) is 0 Å². The van der Waals surface area contributed by atoms with Crippen molar-refractivity contribution in [2.75, 3.05) is 37.2 Å². The Morgan fingerprint density at radius 3 is 2.33 bits per heavy atom. The van der Waals surface area contributed by atoms with Gasteiger partial charge in [-0.05, 0) is 13.8 Å². The molecule has 3 N–H and O–H groups in total. The average Bonchev–Trinajstić information content (AvgIpc) is 2.78. The summed E-state index contributed by atoms with van der Waals surface area (Å²) in [7, 11) is 0. The Morgan fingerprint density at radius 2 is 1.81 bits per heavy atom. The largest absolute Gasteiger partial charge is 0.382 e. The minimum atomic E-state index is -0.106. The molecule has 1 aromatic heterocycles. The molecule has 1 saturated heterocycles. The van der Waals surface area contributed by atoms with Crippen LogP contribution in [0.5, 0.6) is 0 Å². The lowest BCUT2D eigenvalue weighted by atomic mass is 10.3. The van der Waals surface area contributed by atoms with E-state index < -0.39 is 0 Å². The van der Waals surface area contributed by atoms with Gasteiger partial charge in [-0.3, -0.25) is 9.59 Å². The molecule has 7 nitrogen and oxygen atoms in total. The minimum absolute atomic E-state index is 0.0443. The summed E-state index contributed by atoms with van der Waals surface area (Å²) >= 11 is 1.28. The van der Waals surface area contributed by atoms with Crippen molar-refractivity contribution in [3.05, 3.63) is 4.88 Å². The van der Waals surface area contributed by atoms with Crippen molar-refractivity contribution in [2.45, 2.75) is 26.8 Å². The first-order valence-corrected chi connectivity index (χ1v) is 7.77. The number of hydrogen-bond donors (Lipinski definition) is 2. The number of anilines is 2. The van der Waals surface area contributed by atoms with E-state index in [1.807, 2.05) is 13.8 Å². The average molecular weight is 311 g/mol. The summed E-state index contributed by atoms with van der Waals surface area (Å²) < 4.78 is 0. The van der Waals surface area contributed by atoms with Crippen LogP contribution in [0, 0.1) is 0 Å². The molecule has 2 rings (SSSR count). The lowest BCUT2D eigenvalue weighted by Gasteiger charge is -2.33. The summed E-state index contributed by atoms with van der Waals surface area (Å²) in [6, 6.07) is 0.234. The van der Waals surface area contributed by atoms with E-state index in [-0.39, 0.29) is 23.7 Å². The maximum absolute atomic E-state index is 12.5. The molecule has 2 amide bonds. The third kappa shape index (κ3) is 3.63. The monoisotopic (exact) mass is 311 g/mol. The van der Waals surface area contributed by atoms with Crippen LogP contribution in [-0.2, 0) is 4.79 Å². The number of rotatable bonds is 3. The van der Waals surface area contributed by atoms with Gasteiger partial charge in [-0.2, -0.15) is 0 Å². The SMILES string of the molecule is CC(=O)N1CCN(C(=O)c2sc(NC(C)C)nc2N)CC1. The van der Waals surface area contributed by atoms with Gasteiger partial charge in [0.05, 0.1) is 0 Å². The Balaban J connectivity index is 2.04. The van der Waals surface area contributed by atoms with E-state index >= 15 is 0 Å². The molecule has 0 aliphatic carbocycles. The molecule has 0 spiro atoms. The van der Waals surface area contributed by atoms with Gasteiger partial charge in [0, 0.05) is 39.1 Å². The highest BCUT2D eigenvalue weighted by Crippen LogP contribution is 2.27. The molecule has 21 heavy (non-hydrogen) atoms. The molecule has 0 bridgehead atoms. The first-order chi connectivity index (χ1) is 9.88. The molecule has 1 aromatic rings. The topological polar surface area (TPSA) is 91.6 Å². The first-order valence-electron chi connectivity index (χ1n) is 6.96. The van der Waals surface area contributed by atoms with Crippen LogP contribution in [0.3, 0.4) is 0 Å². The van der Waals surface area contributed by atoms with Gasteiger partial charge in [-0.1, -0.05) is 11.3 Å². The second-order valence-electron chi connectivity index (χ2n) is 5.33. The molecule has 2 heterocycles. The minimum Gasteiger partial charge on any atom is -0.382 e. The highest BCUT2D eigenvalue weighted by molar-refractivity contribution is 7.18. The van der Waals surface area contributed by atoms with Gasteiger partial charge in [-0.15, -0.1) is 0 Å². The van der Waals surface area contributed by atoms with Crippen LogP contribution in [0.15, 0.2) is 0 Å². The van der Waals surface area contributed by atoms with Crippen LogP contribution in [0.4, 0.5) is 10.9 Å². The van der Waals surface area contributed by atoms with E-state index in [0.717, 1.165) is 0 Å². The molecule has 0 radical (unpaired) electrons. The van der Waals surface area contributed by atoms with Gasteiger partial charge in [0.1, 0.15) is 10.7 Å². The van der Waals surface area contributed by atoms with E-state index in [4.69, 9.17) is 5.73 Å². The Bertz CT molecular complexity index is 535. The number of piperazine rings is 1. The van der Waals surface area contributed by atoms with Crippen molar-refractivity contribution in [1.82, 2.24) is 14.8 Å². The number of thiazole rings is 1. The lowest BCUT2D eigenvalue weighted by molar-refractivity contribution is -0.130. The van der Waals surface area contributed by atoms with Crippen LogP contribution < -0.4 is 11.1 Å². The van der Waals surface area contributed by atoms with Crippen molar-refractivity contribution >= 4 is 34.1 Å². The van der Waals surface area contributed by atoms with Crippen LogP contribution in [-0.4, -0.2) is 58.8 Å². The zero-order valence-electron chi connectivity index (χ0n) is 12.5. The molecule has 1 aliphatic heterocycles. The van der Waals surface area contributed by atoms with E-state index in [1.165, 1.54) is 11.3 Å². The summed E-state index contributed by atoms with van der Waals surface area (Å²) in [6.45, 7) is 7.74. The van der Waals surface area contributed by atoms with E-state index in [0.29, 0.717) is 36.2 Å². The molecular formula is C13H21N5O2S. The zero-order valence-corrected chi connectivity index (χ0v) is 13.4. The Labute approximate surface area is 128 Å². The molecule has 0 aromatic carbocycles. The summed E-state index contributed by atoms with van der Waals surface area (Å²) in [4.78, 5) is 31.9. The number of aromatic nitrogens is 1. The second-order valence-corrected chi connectivity index (χ2v) is 6.33. The fourth-order valence-corrected chi connectivity index (χ4v) is 3.16. The molecule has 0 saturated carbocycles.